The molecule has 2 heterocycles. The van der Waals surface area contributed by atoms with Crippen molar-refractivity contribution in [1.82, 2.24) is 4.90 Å². The number of carbonyl (C=O) groups excluding carboxylic acids is 2. The number of hydrogen-bond acceptors (Lipinski definition) is 4. The van der Waals surface area contributed by atoms with Gasteiger partial charge in [0.15, 0.2) is 5.76 Å². The monoisotopic (exact) mass is 320 g/mol. The molecule has 1 aromatic heterocycles. The van der Waals surface area contributed by atoms with Crippen LogP contribution in [0.5, 0.6) is 0 Å². The van der Waals surface area contributed by atoms with Crippen LogP contribution >= 0.6 is 11.8 Å². The number of amides is 2. The lowest BCUT2D eigenvalue weighted by molar-refractivity contribution is -0.119. The van der Waals surface area contributed by atoms with Crippen molar-refractivity contribution in [1.29, 1.82) is 0 Å². The largest absolute Gasteiger partial charge is 0.459 e. The van der Waals surface area contributed by atoms with Crippen LogP contribution < -0.4 is 5.32 Å². The summed E-state index contributed by atoms with van der Waals surface area (Å²) in [6.07, 6.45) is 1.42. The Kier molecular flexibility index (Phi) is 4.15. The molecule has 0 aliphatic carbocycles. The number of rotatable bonds is 3. The van der Waals surface area contributed by atoms with E-state index < -0.39 is 6.04 Å². The molecule has 1 fully saturated rings. The Hall–Kier alpha value is -2.28. The Morgan fingerprint density at radius 1 is 1.27 bits per heavy atom. The molecule has 0 spiro atoms. The van der Waals surface area contributed by atoms with E-state index in [0.717, 1.165) is 0 Å². The van der Waals surface area contributed by atoms with Gasteiger partial charge in [0.25, 0.3) is 5.91 Å². The number of furan rings is 1. The summed E-state index contributed by atoms with van der Waals surface area (Å²) >= 11 is 1.50. The fourth-order valence-electron chi connectivity index (χ4n) is 2.16. The SMILES string of the molecule is O=C(Nc1ccc(F)cc1)C1CSCN1C(=O)c1ccco1. The van der Waals surface area contributed by atoms with E-state index >= 15 is 0 Å². The second-order valence-corrected chi connectivity index (χ2v) is 5.76. The van der Waals surface area contributed by atoms with Gasteiger partial charge in [0.1, 0.15) is 11.9 Å². The molecule has 1 aromatic carbocycles. The van der Waals surface area contributed by atoms with Crippen molar-refractivity contribution in [3.05, 3.63) is 54.2 Å². The van der Waals surface area contributed by atoms with Crippen molar-refractivity contribution in [3.8, 4) is 0 Å². The molecule has 5 nitrogen and oxygen atoms in total. The zero-order valence-electron chi connectivity index (χ0n) is 11.5. The van der Waals surface area contributed by atoms with Crippen LogP contribution in [0.4, 0.5) is 10.1 Å². The average Bonchev–Trinajstić information content (AvgIpc) is 3.20. The lowest BCUT2D eigenvalue weighted by Gasteiger charge is -2.22. The Morgan fingerprint density at radius 2 is 2.05 bits per heavy atom. The van der Waals surface area contributed by atoms with E-state index in [1.807, 2.05) is 0 Å². The predicted octanol–water partition coefficient (Wildman–Crippen LogP) is 2.57. The average molecular weight is 320 g/mol. The smallest absolute Gasteiger partial charge is 0.290 e. The van der Waals surface area contributed by atoms with Gasteiger partial charge in [0.2, 0.25) is 5.91 Å². The van der Waals surface area contributed by atoms with E-state index in [-0.39, 0.29) is 23.4 Å². The van der Waals surface area contributed by atoms with Gasteiger partial charge in [-0.15, -0.1) is 11.8 Å². The number of anilines is 1. The summed E-state index contributed by atoms with van der Waals surface area (Å²) in [4.78, 5) is 26.1. The molecule has 0 saturated carbocycles. The number of nitrogens with zero attached hydrogens (tertiary/aromatic N) is 1. The molecular weight excluding hydrogens is 307 g/mol. The highest BCUT2D eigenvalue weighted by Crippen LogP contribution is 2.24. The molecule has 1 aliphatic heterocycles. The van der Waals surface area contributed by atoms with Crippen molar-refractivity contribution >= 4 is 29.3 Å². The number of benzene rings is 1. The minimum Gasteiger partial charge on any atom is -0.459 e. The Labute approximate surface area is 130 Å². The van der Waals surface area contributed by atoms with Crippen LogP contribution in [-0.2, 0) is 4.79 Å². The lowest BCUT2D eigenvalue weighted by Crippen LogP contribution is -2.44. The van der Waals surface area contributed by atoms with Gasteiger partial charge in [0.05, 0.1) is 12.1 Å². The van der Waals surface area contributed by atoms with E-state index in [0.29, 0.717) is 17.3 Å². The van der Waals surface area contributed by atoms with Gasteiger partial charge in [-0.2, -0.15) is 0 Å². The third kappa shape index (κ3) is 2.99. The summed E-state index contributed by atoms with van der Waals surface area (Å²) in [5.74, 6) is 0.178. The van der Waals surface area contributed by atoms with Crippen LogP contribution in [-0.4, -0.2) is 34.4 Å². The van der Waals surface area contributed by atoms with Crippen LogP contribution in [0, 0.1) is 5.82 Å². The first-order chi connectivity index (χ1) is 10.6. The topological polar surface area (TPSA) is 62.6 Å². The van der Waals surface area contributed by atoms with Gasteiger partial charge in [-0.3, -0.25) is 9.59 Å². The molecule has 114 valence electrons. The molecule has 3 rings (SSSR count). The van der Waals surface area contributed by atoms with Gasteiger partial charge >= 0.3 is 0 Å². The summed E-state index contributed by atoms with van der Waals surface area (Å²) < 4.78 is 18.0. The molecule has 1 saturated heterocycles. The van der Waals surface area contributed by atoms with Gasteiger partial charge < -0.3 is 14.6 Å². The van der Waals surface area contributed by atoms with Crippen molar-refractivity contribution in [2.45, 2.75) is 6.04 Å². The zero-order valence-corrected chi connectivity index (χ0v) is 12.3. The lowest BCUT2D eigenvalue weighted by atomic mass is 10.2. The van der Waals surface area contributed by atoms with Crippen molar-refractivity contribution in [2.75, 3.05) is 16.9 Å². The van der Waals surface area contributed by atoms with Gasteiger partial charge in [0, 0.05) is 11.4 Å². The highest BCUT2D eigenvalue weighted by Gasteiger charge is 2.36. The van der Waals surface area contributed by atoms with E-state index in [1.165, 1.54) is 47.2 Å². The van der Waals surface area contributed by atoms with Gasteiger partial charge in [-0.25, -0.2) is 4.39 Å². The number of thioether (sulfide) groups is 1. The van der Waals surface area contributed by atoms with Crippen molar-refractivity contribution in [2.24, 2.45) is 0 Å². The van der Waals surface area contributed by atoms with E-state index in [9.17, 15) is 14.0 Å². The van der Waals surface area contributed by atoms with E-state index in [2.05, 4.69) is 5.32 Å². The maximum Gasteiger partial charge on any atom is 0.290 e. The molecule has 2 amide bonds. The third-order valence-electron chi connectivity index (χ3n) is 3.29. The van der Waals surface area contributed by atoms with E-state index in [4.69, 9.17) is 4.42 Å². The van der Waals surface area contributed by atoms with Gasteiger partial charge in [-0.05, 0) is 36.4 Å². The molecule has 0 bridgehead atoms. The van der Waals surface area contributed by atoms with Crippen LogP contribution in [0.1, 0.15) is 10.6 Å². The summed E-state index contributed by atoms with van der Waals surface area (Å²) in [7, 11) is 0. The maximum absolute atomic E-state index is 12.9. The molecular formula is C15H13FN2O3S. The Balaban J connectivity index is 1.71. The fraction of sp³-hybridized carbons (Fsp3) is 0.200. The first-order valence-electron chi connectivity index (χ1n) is 6.64. The fourth-order valence-corrected chi connectivity index (χ4v) is 3.31. The standard InChI is InChI=1S/C15H13FN2O3S/c16-10-3-5-11(6-4-10)17-14(19)12-8-22-9-18(12)15(20)13-2-1-7-21-13/h1-7,12H,8-9H2,(H,17,19). The minimum absolute atomic E-state index is 0.210. The van der Waals surface area contributed by atoms with E-state index in [1.54, 1.807) is 12.1 Å². The quantitative estimate of drug-likeness (QED) is 0.944. The molecule has 1 aliphatic rings. The maximum atomic E-state index is 12.9. The predicted molar refractivity (Wildman–Crippen MR) is 81.0 cm³/mol. The molecule has 0 radical (unpaired) electrons. The van der Waals surface area contributed by atoms with Crippen molar-refractivity contribution < 1.29 is 18.4 Å². The Bertz CT molecular complexity index is 673. The third-order valence-corrected chi connectivity index (χ3v) is 4.30. The summed E-state index contributed by atoms with van der Waals surface area (Å²) in [5.41, 5.74) is 0.494. The molecule has 22 heavy (non-hydrogen) atoms. The normalized spacial score (nSPS) is 17.5. The number of nitrogens with one attached hydrogen (secondary N) is 1. The summed E-state index contributed by atoms with van der Waals surface area (Å²) in [6, 6.07) is 8.12. The molecule has 1 N–H and O–H groups in total. The summed E-state index contributed by atoms with van der Waals surface area (Å²) in [5, 5.41) is 2.70. The second-order valence-electron chi connectivity index (χ2n) is 4.76. The Morgan fingerprint density at radius 3 is 2.73 bits per heavy atom. The molecule has 1 unspecified atom stereocenters. The van der Waals surface area contributed by atoms with Crippen LogP contribution in [0.25, 0.3) is 0 Å². The molecule has 7 heteroatoms. The number of halogens is 1. The molecule has 2 aromatic rings. The minimum atomic E-state index is -0.576. The summed E-state index contributed by atoms with van der Waals surface area (Å²) in [6.45, 7) is 0. The number of carbonyl (C=O) groups is 2. The van der Waals surface area contributed by atoms with Crippen LogP contribution in [0.3, 0.4) is 0 Å². The first kappa shape index (κ1) is 14.6. The molecule has 1 atom stereocenters. The first-order valence-corrected chi connectivity index (χ1v) is 7.79. The van der Waals surface area contributed by atoms with Crippen molar-refractivity contribution in [3.63, 3.8) is 0 Å². The van der Waals surface area contributed by atoms with Gasteiger partial charge in [-0.1, -0.05) is 0 Å². The second kappa shape index (κ2) is 6.23. The highest BCUT2D eigenvalue weighted by molar-refractivity contribution is 7.99. The highest BCUT2D eigenvalue weighted by atomic mass is 32.2. The van der Waals surface area contributed by atoms with Crippen LogP contribution in [0.2, 0.25) is 0 Å². The van der Waals surface area contributed by atoms with Crippen LogP contribution in [0.15, 0.2) is 47.1 Å². The number of hydrogen-bond donors (Lipinski definition) is 1. The zero-order chi connectivity index (χ0) is 15.5.